The van der Waals surface area contributed by atoms with E-state index in [0.717, 1.165) is 5.92 Å². The van der Waals surface area contributed by atoms with Crippen molar-refractivity contribution >= 4 is 11.6 Å². The van der Waals surface area contributed by atoms with Crippen molar-refractivity contribution in [2.45, 2.75) is 25.7 Å². The van der Waals surface area contributed by atoms with Gasteiger partial charge in [-0.1, -0.05) is 24.6 Å². The van der Waals surface area contributed by atoms with Gasteiger partial charge in [-0.15, -0.1) is 0 Å². The number of rotatable bonds is 2. The molecule has 0 aliphatic heterocycles. The van der Waals surface area contributed by atoms with E-state index in [1.165, 1.54) is 18.4 Å². The zero-order valence-corrected chi connectivity index (χ0v) is 7.88. The minimum absolute atomic E-state index is 0.585. The molecule has 1 heterocycles. The highest BCUT2D eigenvalue weighted by molar-refractivity contribution is 6.29. The van der Waals surface area contributed by atoms with Gasteiger partial charge in [-0.2, -0.15) is 0 Å². The minimum Gasteiger partial charge on any atom is -0.244 e. The second kappa shape index (κ2) is 3.06. The molecule has 0 spiro atoms. The average molecular weight is 182 g/mol. The minimum atomic E-state index is 0.585. The summed E-state index contributed by atoms with van der Waals surface area (Å²) in [6.07, 6.45) is 4.65. The van der Waals surface area contributed by atoms with Crippen molar-refractivity contribution in [1.82, 2.24) is 4.98 Å². The molecule has 0 N–H and O–H groups in total. The fourth-order valence-corrected chi connectivity index (χ4v) is 1.64. The Morgan fingerprint density at radius 2 is 2.25 bits per heavy atom. The van der Waals surface area contributed by atoms with Crippen molar-refractivity contribution in [1.29, 1.82) is 0 Å². The van der Waals surface area contributed by atoms with Gasteiger partial charge in [0.25, 0.3) is 0 Å². The van der Waals surface area contributed by atoms with Crippen LogP contribution in [0.25, 0.3) is 0 Å². The normalized spacial score (nSPS) is 19.2. The Kier molecular flexibility index (Phi) is 2.05. The molecule has 1 nitrogen and oxygen atoms in total. The maximum atomic E-state index is 5.70. The van der Waals surface area contributed by atoms with Gasteiger partial charge < -0.3 is 0 Å². The molecule has 0 bridgehead atoms. The second-order valence-electron chi connectivity index (χ2n) is 3.54. The van der Waals surface area contributed by atoms with E-state index in [9.17, 15) is 0 Å². The summed E-state index contributed by atoms with van der Waals surface area (Å²) >= 11 is 5.70. The Balaban J connectivity index is 2.16. The molecule has 1 aliphatic carbocycles. The number of hydrogen-bond acceptors (Lipinski definition) is 1. The Morgan fingerprint density at radius 3 is 2.75 bits per heavy atom. The SMILES string of the molecule is CC(c1ccc(Cl)nc1)C1CC1. The quantitative estimate of drug-likeness (QED) is 0.639. The third kappa shape index (κ3) is 1.61. The van der Waals surface area contributed by atoms with Crippen LogP contribution in [0.1, 0.15) is 31.2 Å². The fraction of sp³-hybridized carbons (Fsp3) is 0.500. The first-order valence-corrected chi connectivity index (χ1v) is 4.76. The molecule has 1 fully saturated rings. The van der Waals surface area contributed by atoms with Crippen LogP contribution in [0.4, 0.5) is 0 Å². The van der Waals surface area contributed by atoms with E-state index in [1.807, 2.05) is 12.3 Å². The first kappa shape index (κ1) is 8.06. The predicted molar refractivity (Wildman–Crippen MR) is 50.4 cm³/mol. The molecule has 64 valence electrons. The van der Waals surface area contributed by atoms with Crippen LogP contribution in [-0.4, -0.2) is 4.98 Å². The van der Waals surface area contributed by atoms with Gasteiger partial charge in [0.1, 0.15) is 5.15 Å². The molecule has 0 saturated heterocycles. The van der Waals surface area contributed by atoms with Crippen LogP contribution in [0.3, 0.4) is 0 Å². The van der Waals surface area contributed by atoms with Gasteiger partial charge in [0, 0.05) is 6.20 Å². The summed E-state index contributed by atoms with van der Waals surface area (Å²) in [5.41, 5.74) is 1.32. The van der Waals surface area contributed by atoms with Crippen molar-refractivity contribution in [3.63, 3.8) is 0 Å². The molecule has 1 atom stereocenters. The highest BCUT2D eigenvalue weighted by atomic mass is 35.5. The van der Waals surface area contributed by atoms with E-state index in [-0.39, 0.29) is 0 Å². The Morgan fingerprint density at radius 1 is 1.50 bits per heavy atom. The molecular formula is C10H12ClN. The smallest absolute Gasteiger partial charge is 0.129 e. The molecular weight excluding hydrogens is 170 g/mol. The predicted octanol–water partition coefficient (Wildman–Crippen LogP) is 3.25. The molecule has 1 aromatic heterocycles. The largest absolute Gasteiger partial charge is 0.244 e. The summed E-state index contributed by atoms with van der Waals surface area (Å²) < 4.78 is 0. The van der Waals surface area contributed by atoms with E-state index in [0.29, 0.717) is 11.1 Å². The lowest BCUT2D eigenvalue weighted by Crippen LogP contribution is -1.95. The summed E-state index contributed by atoms with van der Waals surface area (Å²) in [4.78, 5) is 4.08. The molecule has 0 radical (unpaired) electrons. The number of aromatic nitrogens is 1. The Labute approximate surface area is 77.8 Å². The van der Waals surface area contributed by atoms with Crippen LogP contribution in [0.15, 0.2) is 18.3 Å². The third-order valence-corrected chi connectivity index (χ3v) is 2.83. The highest BCUT2D eigenvalue weighted by Gasteiger charge is 2.28. The van der Waals surface area contributed by atoms with Crippen molar-refractivity contribution < 1.29 is 0 Å². The van der Waals surface area contributed by atoms with Gasteiger partial charge in [-0.25, -0.2) is 4.98 Å². The van der Waals surface area contributed by atoms with Gasteiger partial charge in [0.15, 0.2) is 0 Å². The zero-order chi connectivity index (χ0) is 8.55. The second-order valence-corrected chi connectivity index (χ2v) is 3.93. The van der Waals surface area contributed by atoms with E-state index < -0.39 is 0 Å². The van der Waals surface area contributed by atoms with E-state index >= 15 is 0 Å². The average Bonchev–Trinajstić information content (AvgIpc) is 2.87. The lowest BCUT2D eigenvalue weighted by Gasteiger charge is -2.08. The number of halogens is 1. The summed E-state index contributed by atoms with van der Waals surface area (Å²) in [6.45, 7) is 2.27. The van der Waals surface area contributed by atoms with Crippen LogP contribution in [0.2, 0.25) is 5.15 Å². The number of hydrogen-bond donors (Lipinski definition) is 0. The maximum Gasteiger partial charge on any atom is 0.129 e. The summed E-state index contributed by atoms with van der Waals surface area (Å²) in [5.74, 6) is 1.56. The van der Waals surface area contributed by atoms with Crippen molar-refractivity contribution in [2.24, 2.45) is 5.92 Å². The monoisotopic (exact) mass is 181 g/mol. The maximum absolute atomic E-state index is 5.70. The topological polar surface area (TPSA) is 12.9 Å². The number of pyridine rings is 1. The van der Waals surface area contributed by atoms with E-state index in [2.05, 4.69) is 18.0 Å². The van der Waals surface area contributed by atoms with Crippen molar-refractivity contribution in [3.05, 3.63) is 29.0 Å². The first-order chi connectivity index (χ1) is 5.77. The fourth-order valence-electron chi connectivity index (χ4n) is 1.52. The molecule has 2 rings (SSSR count). The summed E-state index contributed by atoms with van der Waals surface area (Å²) in [6, 6.07) is 3.95. The van der Waals surface area contributed by atoms with Crippen molar-refractivity contribution in [3.8, 4) is 0 Å². The van der Waals surface area contributed by atoms with Crippen LogP contribution in [0, 0.1) is 5.92 Å². The Bertz CT molecular complexity index is 264. The van der Waals surface area contributed by atoms with Gasteiger partial charge in [-0.05, 0) is 36.3 Å². The molecule has 1 unspecified atom stereocenters. The lowest BCUT2D eigenvalue weighted by molar-refractivity contribution is 0.661. The molecule has 2 heteroatoms. The van der Waals surface area contributed by atoms with Gasteiger partial charge in [0.05, 0.1) is 0 Å². The molecule has 12 heavy (non-hydrogen) atoms. The third-order valence-electron chi connectivity index (χ3n) is 2.61. The van der Waals surface area contributed by atoms with Crippen molar-refractivity contribution in [2.75, 3.05) is 0 Å². The molecule has 1 aliphatic rings. The first-order valence-electron chi connectivity index (χ1n) is 4.39. The standard InChI is InChI=1S/C10H12ClN/c1-7(8-2-3-8)9-4-5-10(11)12-6-9/h4-8H,2-3H2,1H3. The van der Waals surface area contributed by atoms with Crippen LogP contribution >= 0.6 is 11.6 Å². The van der Waals surface area contributed by atoms with Gasteiger partial charge >= 0.3 is 0 Å². The summed E-state index contributed by atoms with van der Waals surface area (Å²) in [5, 5.41) is 0.585. The van der Waals surface area contributed by atoms with Gasteiger partial charge in [-0.3, -0.25) is 0 Å². The Hall–Kier alpha value is -0.560. The van der Waals surface area contributed by atoms with E-state index in [1.54, 1.807) is 0 Å². The molecule has 1 saturated carbocycles. The molecule has 0 amide bonds. The highest BCUT2D eigenvalue weighted by Crippen LogP contribution is 2.41. The lowest BCUT2D eigenvalue weighted by atomic mass is 9.98. The van der Waals surface area contributed by atoms with E-state index in [4.69, 9.17) is 11.6 Å². The van der Waals surface area contributed by atoms with Crippen LogP contribution in [-0.2, 0) is 0 Å². The molecule has 1 aromatic rings. The van der Waals surface area contributed by atoms with Gasteiger partial charge in [0.2, 0.25) is 0 Å². The summed E-state index contributed by atoms with van der Waals surface area (Å²) in [7, 11) is 0. The zero-order valence-electron chi connectivity index (χ0n) is 7.13. The molecule has 0 aromatic carbocycles. The van der Waals surface area contributed by atoms with Crippen LogP contribution < -0.4 is 0 Å². The van der Waals surface area contributed by atoms with Crippen LogP contribution in [0.5, 0.6) is 0 Å². The number of nitrogens with zero attached hydrogens (tertiary/aromatic N) is 1.